The largest absolute Gasteiger partial charge is 0.390 e. The van der Waals surface area contributed by atoms with E-state index in [1.807, 2.05) is 20.9 Å². The summed E-state index contributed by atoms with van der Waals surface area (Å²) in [6.07, 6.45) is 0.147. The molecular formula is C9H17NO3. The first-order valence-electron chi connectivity index (χ1n) is 4.74. The van der Waals surface area contributed by atoms with Gasteiger partial charge in [-0.25, -0.2) is 0 Å². The zero-order valence-corrected chi connectivity index (χ0v) is 8.28. The molecule has 0 spiro atoms. The van der Waals surface area contributed by atoms with E-state index in [1.165, 1.54) is 0 Å². The molecular weight excluding hydrogens is 170 g/mol. The Morgan fingerprint density at radius 3 is 2.54 bits per heavy atom. The molecule has 0 radical (unpaired) electrons. The number of fused-ring (bicyclic) bond motifs is 1. The fraction of sp³-hybridized carbons (Fsp3) is 1.00. The minimum atomic E-state index is -0.550. The van der Waals surface area contributed by atoms with Crippen LogP contribution in [0.5, 0.6) is 0 Å². The van der Waals surface area contributed by atoms with Gasteiger partial charge in [-0.15, -0.1) is 0 Å². The molecule has 0 unspecified atom stereocenters. The highest BCUT2D eigenvalue weighted by atomic mass is 16.8. The van der Waals surface area contributed by atoms with Crippen molar-refractivity contribution in [2.45, 2.75) is 50.4 Å². The average Bonchev–Trinajstić information content (AvgIpc) is 2.47. The summed E-state index contributed by atoms with van der Waals surface area (Å²) in [5.41, 5.74) is 0. The summed E-state index contributed by atoms with van der Waals surface area (Å²) in [4.78, 5) is 0. The van der Waals surface area contributed by atoms with Crippen LogP contribution in [0.25, 0.3) is 0 Å². The van der Waals surface area contributed by atoms with E-state index in [0.29, 0.717) is 6.42 Å². The first kappa shape index (κ1) is 9.40. The van der Waals surface area contributed by atoms with Gasteiger partial charge < -0.3 is 19.9 Å². The summed E-state index contributed by atoms with van der Waals surface area (Å²) in [5, 5.41) is 12.8. The highest BCUT2D eigenvalue weighted by Gasteiger charge is 2.53. The molecule has 1 saturated heterocycles. The number of rotatable bonds is 1. The maximum Gasteiger partial charge on any atom is 0.163 e. The summed E-state index contributed by atoms with van der Waals surface area (Å²) < 4.78 is 11.3. The van der Waals surface area contributed by atoms with E-state index in [-0.39, 0.29) is 18.2 Å². The van der Waals surface area contributed by atoms with Gasteiger partial charge in [0.1, 0.15) is 12.2 Å². The molecule has 0 aromatic carbocycles. The van der Waals surface area contributed by atoms with Crippen molar-refractivity contribution in [3.05, 3.63) is 0 Å². The van der Waals surface area contributed by atoms with E-state index in [1.54, 1.807) is 0 Å². The van der Waals surface area contributed by atoms with Crippen LogP contribution in [0.3, 0.4) is 0 Å². The lowest BCUT2D eigenvalue weighted by molar-refractivity contribution is -0.163. The summed E-state index contributed by atoms with van der Waals surface area (Å²) in [6.45, 7) is 3.76. The Bertz CT molecular complexity index is 207. The minimum Gasteiger partial charge on any atom is -0.390 e. The quantitative estimate of drug-likeness (QED) is 0.600. The maximum atomic E-state index is 9.69. The van der Waals surface area contributed by atoms with Crippen LogP contribution in [-0.2, 0) is 9.47 Å². The van der Waals surface area contributed by atoms with Gasteiger partial charge in [0.25, 0.3) is 0 Å². The number of ether oxygens (including phenoxy) is 2. The molecule has 2 N–H and O–H groups in total. The Balaban J connectivity index is 2.12. The molecule has 76 valence electrons. The zero-order valence-electron chi connectivity index (χ0n) is 8.28. The molecule has 4 atom stereocenters. The lowest BCUT2D eigenvalue weighted by Crippen LogP contribution is -2.37. The van der Waals surface area contributed by atoms with Gasteiger partial charge in [0.2, 0.25) is 0 Å². The van der Waals surface area contributed by atoms with Crippen molar-refractivity contribution in [2.75, 3.05) is 7.05 Å². The molecule has 1 heterocycles. The van der Waals surface area contributed by atoms with Crippen molar-refractivity contribution in [3.63, 3.8) is 0 Å². The average molecular weight is 187 g/mol. The SMILES string of the molecule is CN[C@H]1C[C@@H](O)[C@@H]2OC(C)(C)O[C@@H]21. The van der Waals surface area contributed by atoms with Crippen LogP contribution in [0.15, 0.2) is 0 Å². The van der Waals surface area contributed by atoms with Gasteiger partial charge in [0, 0.05) is 6.04 Å². The van der Waals surface area contributed by atoms with E-state index >= 15 is 0 Å². The first-order valence-corrected chi connectivity index (χ1v) is 4.74. The van der Waals surface area contributed by atoms with E-state index < -0.39 is 11.9 Å². The Labute approximate surface area is 78.2 Å². The molecule has 13 heavy (non-hydrogen) atoms. The zero-order chi connectivity index (χ0) is 9.64. The Kier molecular flexibility index (Phi) is 2.11. The topological polar surface area (TPSA) is 50.7 Å². The van der Waals surface area contributed by atoms with Gasteiger partial charge in [0.05, 0.1) is 6.10 Å². The fourth-order valence-corrected chi connectivity index (χ4v) is 2.24. The molecule has 4 nitrogen and oxygen atoms in total. The van der Waals surface area contributed by atoms with Crippen LogP contribution in [0.2, 0.25) is 0 Å². The highest BCUT2D eigenvalue weighted by Crippen LogP contribution is 2.38. The van der Waals surface area contributed by atoms with Crippen LogP contribution in [0.1, 0.15) is 20.3 Å². The molecule has 1 aliphatic carbocycles. The lowest BCUT2D eigenvalue weighted by atomic mass is 10.2. The molecule has 0 bridgehead atoms. The Morgan fingerprint density at radius 2 is 1.92 bits per heavy atom. The minimum absolute atomic E-state index is 0.00463. The normalized spacial score (nSPS) is 48.0. The number of likely N-dealkylation sites (N-methyl/N-ethyl adjacent to an activating group) is 1. The third kappa shape index (κ3) is 1.48. The summed E-state index contributed by atoms with van der Waals surface area (Å²) in [7, 11) is 1.88. The van der Waals surface area contributed by atoms with Gasteiger partial charge in [-0.05, 0) is 27.3 Å². The van der Waals surface area contributed by atoms with E-state index in [9.17, 15) is 5.11 Å². The van der Waals surface area contributed by atoms with Crippen molar-refractivity contribution in [2.24, 2.45) is 0 Å². The Hall–Kier alpha value is -0.160. The van der Waals surface area contributed by atoms with Crippen LogP contribution in [0, 0.1) is 0 Å². The fourth-order valence-electron chi connectivity index (χ4n) is 2.24. The predicted octanol–water partition coefficient (Wildman–Crippen LogP) is -0.141. The molecule has 0 amide bonds. The van der Waals surface area contributed by atoms with Crippen LogP contribution in [0.4, 0.5) is 0 Å². The van der Waals surface area contributed by atoms with Gasteiger partial charge in [-0.3, -0.25) is 0 Å². The second-order valence-corrected chi connectivity index (χ2v) is 4.26. The van der Waals surface area contributed by atoms with E-state index in [0.717, 1.165) is 0 Å². The summed E-state index contributed by atoms with van der Waals surface area (Å²) in [5.74, 6) is -0.550. The van der Waals surface area contributed by atoms with Crippen LogP contribution in [-0.4, -0.2) is 42.3 Å². The molecule has 1 aliphatic heterocycles. The molecule has 0 aromatic rings. The van der Waals surface area contributed by atoms with Crippen LogP contribution >= 0.6 is 0 Å². The second kappa shape index (κ2) is 2.92. The highest BCUT2D eigenvalue weighted by molar-refractivity contribution is 5.01. The molecule has 0 aromatic heterocycles. The van der Waals surface area contributed by atoms with Crippen molar-refractivity contribution in [1.82, 2.24) is 5.32 Å². The van der Waals surface area contributed by atoms with Crippen molar-refractivity contribution in [1.29, 1.82) is 0 Å². The smallest absolute Gasteiger partial charge is 0.163 e. The number of aliphatic hydroxyl groups excluding tert-OH is 1. The maximum absolute atomic E-state index is 9.69. The van der Waals surface area contributed by atoms with Gasteiger partial charge in [-0.1, -0.05) is 0 Å². The standard InChI is InChI=1S/C9H17NO3/c1-9(2)12-7-5(10-3)4-6(11)8(7)13-9/h5-8,10-11H,4H2,1-3H3/t5-,6+,7+,8-/m0/s1. The monoisotopic (exact) mass is 187 g/mol. The molecule has 2 fully saturated rings. The van der Waals surface area contributed by atoms with E-state index in [4.69, 9.17) is 9.47 Å². The van der Waals surface area contributed by atoms with Gasteiger partial charge >= 0.3 is 0 Å². The third-order valence-electron chi connectivity index (χ3n) is 2.81. The van der Waals surface area contributed by atoms with Gasteiger partial charge in [-0.2, -0.15) is 0 Å². The van der Waals surface area contributed by atoms with Crippen molar-refractivity contribution < 1.29 is 14.6 Å². The molecule has 2 rings (SSSR count). The number of nitrogens with one attached hydrogen (secondary N) is 1. The van der Waals surface area contributed by atoms with Crippen molar-refractivity contribution >= 4 is 0 Å². The van der Waals surface area contributed by atoms with Crippen LogP contribution < -0.4 is 5.32 Å². The molecule has 1 saturated carbocycles. The first-order chi connectivity index (χ1) is 6.03. The molecule has 4 heteroatoms. The third-order valence-corrected chi connectivity index (χ3v) is 2.81. The summed E-state index contributed by atoms with van der Waals surface area (Å²) in [6, 6.07) is 0.210. The summed E-state index contributed by atoms with van der Waals surface area (Å²) >= 11 is 0. The predicted molar refractivity (Wildman–Crippen MR) is 47.3 cm³/mol. The Morgan fingerprint density at radius 1 is 1.31 bits per heavy atom. The van der Waals surface area contributed by atoms with Gasteiger partial charge in [0.15, 0.2) is 5.79 Å². The number of hydrogen-bond donors (Lipinski definition) is 2. The number of aliphatic hydroxyl groups is 1. The second-order valence-electron chi connectivity index (χ2n) is 4.26. The molecule has 2 aliphatic rings. The van der Waals surface area contributed by atoms with E-state index in [2.05, 4.69) is 5.32 Å². The lowest BCUT2D eigenvalue weighted by Gasteiger charge is -2.21. The number of hydrogen-bond acceptors (Lipinski definition) is 4. The van der Waals surface area contributed by atoms with Crippen molar-refractivity contribution in [3.8, 4) is 0 Å².